The third-order valence-electron chi connectivity index (χ3n) is 2.40. The second-order valence-electron chi connectivity index (χ2n) is 3.56. The van der Waals surface area contributed by atoms with E-state index in [2.05, 4.69) is 25.7 Å². The van der Waals surface area contributed by atoms with Crippen molar-refractivity contribution in [2.75, 3.05) is 6.61 Å². The van der Waals surface area contributed by atoms with Crippen molar-refractivity contribution >= 4 is 0 Å². The second-order valence-corrected chi connectivity index (χ2v) is 3.56. The summed E-state index contributed by atoms with van der Waals surface area (Å²) in [6.07, 6.45) is 4.50. The van der Waals surface area contributed by atoms with Gasteiger partial charge in [-0.05, 0) is 26.7 Å². The SMILES string of the molecule is C=CCC(C)NC1CCOC1C. The molecule has 3 atom stereocenters. The van der Waals surface area contributed by atoms with Gasteiger partial charge in [0.2, 0.25) is 0 Å². The highest BCUT2D eigenvalue weighted by atomic mass is 16.5. The Morgan fingerprint density at radius 3 is 3.00 bits per heavy atom. The Balaban J connectivity index is 2.24. The van der Waals surface area contributed by atoms with Gasteiger partial charge in [0.1, 0.15) is 0 Å². The molecule has 0 aromatic heterocycles. The van der Waals surface area contributed by atoms with Crippen LogP contribution in [0.4, 0.5) is 0 Å². The summed E-state index contributed by atoms with van der Waals surface area (Å²) >= 11 is 0. The van der Waals surface area contributed by atoms with Crippen LogP contribution in [-0.4, -0.2) is 24.8 Å². The summed E-state index contributed by atoms with van der Waals surface area (Å²) in [5.74, 6) is 0. The van der Waals surface area contributed by atoms with Gasteiger partial charge in [0.05, 0.1) is 6.10 Å². The van der Waals surface area contributed by atoms with Crippen LogP contribution >= 0.6 is 0 Å². The maximum absolute atomic E-state index is 5.46. The first kappa shape index (κ1) is 9.75. The largest absolute Gasteiger partial charge is 0.377 e. The van der Waals surface area contributed by atoms with Gasteiger partial charge < -0.3 is 10.1 Å². The van der Waals surface area contributed by atoms with Crippen molar-refractivity contribution in [3.63, 3.8) is 0 Å². The van der Waals surface area contributed by atoms with Crippen molar-refractivity contribution in [2.24, 2.45) is 0 Å². The molecule has 0 aromatic rings. The van der Waals surface area contributed by atoms with Crippen LogP contribution in [0.25, 0.3) is 0 Å². The van der Waals surface area contributed by atoms with Crippen molar-refractivity contribution in [3.8, 4) is 0 Å². The summed E-state index contributed by atoms with van der Waals surface area (Å²) in [6, 6.07) is 1.07. The maximum Gasteiger partial charge on any atom is 0.0700 e. The first-order valence-electron chi connectivity index (χ1n) is 4.72. The first-order valence-corrected chi connectivity index (χ1v) is 4.72. The van der Waals surface area contributed by atoms with Crippen molar-refractivity contribution < 1.29 is 4.74 Å². The molecule has 0 aromatic carbocycles. The van der Waals surface area contributed by atoms with Gasteiger partial charge in [-0.3, -0.25) is 0 Å². The van der Waals surface area contributed by atoms with E-state index in [1.165, 1.54) is 0 Å². The van der Waals surface area contributed by atoms with Gasteiger partial charge in [0.15, 0.2) is 0 Å². The minimum absolute atomic E-state index is 0.372. The van der Waals surface area contributed by atoms with Crippen LogP contribution in [0.2, 0.25) is 0 Å². The van der Waals surface area contributed by atoms with Gasteiger partial charge in [-0.1, -0.05) is 6.08 Å². The number of hydrogen-bond acceptors (Lipinski definition) is 2. The second kappa shape index (κ2) is 4.63. The third-order valence-corrected chi connectivity index (χ3v) is 2.40. The van der Waals surface area contributed by atoms with Crippen LogP contribution in [0, 0.1) is 0 Å². The summed E-state index contributed by atoms with van der Waals surface area (Å²) in [4.78, 5) is 0. The predicted molar refractivity (Wildman–Crippen MR) is 51.2 cm³/mol. The number of ether oxygens (including phenoxy) is 1. The number of rotatable bonds is 4. The van der Waals surface area contributed by atoms with E-state index in [0.717, 1.165) is 19.4 Å². The fraction of sp³-hybridized carbons (Fsp3) is 0.800. The van der Waals surface area contributed by atoms with Gasteiger partial charge in [0.25, 0.3) is 0 Å². The van der Waals surface area contributed by atoms with Crippen molar-refractivity contribution in [3.05, 3.63) is 12.7 Å². The highest BCUT2D eigenvalue weighted by Crippen LogP contribution is 2.13. The number of hydrogen-bond donors (Lipinski definition) is 1. The van der Waals surface area contributed by atoms with E-state index in [1.807, 2.05) is 6.08 Å². The van der Waals surface area contributed by atoms with Gasteiger partial charge in [-0.15, -0.1) is 6.58 Å². The molecule has 1 aliphatic rings. The molecule has 1 fully saturated rings. The molecule has 0 radical (unpaired) electrons. The highest BCUT2D eigenvalue weighted by molar-refractivity contribution is 4.84. The zero-order valence-corrected chi connectivity index (χ0v) is 8.05. The van der Waals surface area contributed by atoms with Crippen LogP contribution < -0.4 is 5.32 Å². The molecule has 2 nitrogen and oxygen atoms in total. The van der Waals surface area contributed by atoms with E-state index in [9.17, 15) is 0 Å². The van der Waals surface area contributed by atoms with E-state index >= 15 is 0 Å². The van der Waals surface area contributed by atoms with Crippen molar-refractivity contribution in [1.29, 1.82) is 0 Å². The van der Waals surface area contributed by atoms with E-state index in [4.69, 9.17) is 4.74 Å². The summed E-state index contributed by atoms with van der Waals surface area (Å²) in [5, 5.41) is 3.53. The zero-order chi connectivity index (χ0) is 8.97. The molecule has 0 saturated carbocycles. The predicted octanol–water partition coefficient (Wildman–Crippen LogP) is 1.72. The van der Waals surface area contributed by atoms with Crippen LogP contribution in [0.5, 0.6) is 0 Å². The summed E-state index contributed by atoms with van der Waals surface area (Å²) < 4.78 is 5.46. The van der Waals surface area contributed by atoms with Crippen LogP contribution in [0.15, 0.2) is 12.7 Å². The molecule has 1 heterocycles. The summed E-state index contributed by atoms with van der Waals surface area (Å²) in [7, 11) is 0. The Hall–Kier alpha value is -0.340. The Bertz CT molecular complexity index is 147. The van der Waals surface area contributed by atoms with E-state index in [0.29, 0.717) is 18.2 Å². The van der Waals surface area contributed by atoms with Crippen LogP contribution in [0.1, 0.15) is 26.7 Å². The topological polar surface area (TPSA) is 21.3 Å². The normalized spacial score (nSPS) is 31.8. The molecule has 3 unspecified atom stereocenters. The molecule has 1 saturated heterocycles. The minimum atomic E-state index is 0.372. The average Bonchev–Trinajstić information content (AvgIpc) is 2.37. The average molecular weight is 169 g/mol. The summed E-state index contributed by atoms with van der Waals surface area (Å²) in [5.41, 5.74) is 0. The van der Waals surface area contributed by atoms with Crippen molar-refractivity contribution in [1.82, 2.24) is 5.32 Å². The molecular formula is C10H19NO. The van der Waals surface area contributed by atoms with E-state index in [-0.39, 0.29) is 0 Å². The lowest BCUT2D eigenvalue weighted by atomic mass is 10.1. The molecule has 2 heteroatoms. The highest BCUT2D eigenvalue weighted by Gasteiger charge is 2.24. The van der Waals surface area contributed by atoms with E-state index < -0.39 is 0 Å². The van der Waals surface area contributed by atoms with Crippen LogP contribution in [0.3, 0.4) is 0 Å². The zero-order valence-electron chi connectivity index (χ0n) is 8.05. The Kier molecular flexibility index (Phi) is 3.76. The molecule has 0 aliphatic carbocycles. The smallest absolute Gasteiger partial charge is 0.0700 e. The van der Waals surface area contributed by atoms with Crippen LogP contribution in [-0.2, 0) is 4.74 Å². The van der Waals surface area contributed by atoms with Gasteiger partial charge in [-0.25, -0.2) is 0 Å². The minimum Gasteiger partial charge on any atom is -0.377 e. The molecule has 1 rings (SSSR count). The molecule has 70 valence electrons. The quantitative estimate of drug-likeness (QED) is 0.647. The third kappa shape index (κ3) is 2.61. The molecule has 1 aliphatic heterocycles. The fourth-order valence-corrected chi connectivity index (χ4v) is 1.63. The molecule has 0 amide bonds. The monoisotopic (exact) mass is 169 g/mol. The lowest BCUT2D eigenvalue weighted by Crippen LogP contribution is -2.40. The first-order chi connectivity index (χ1) is 5.74. The lowest BCUT2D eigenvalue weighted by Gasteiger charge is -2.20. The lowest BCUT2D eigenvalue weighted by molar-refractivity contribution is 0.111. The summed E-state index contributed by atoms with van der Waals surface area (Å²) in [6.45, 7) is 8.94. The van der Waals surface area contributed by atoms with Gasteiger partial charge in [-0.2, -0.15) is 0 Å². The van der Waals surface area contributed by atoms with Crippen molar-refractivity contribution in [2.45, 2.75) is 44.9 Å². The Morgan fingerprint density at radius 2 is 2.50 bits per heavy atom. The van der Waals surface area contributed by atoms with E-state index in [1.54, 1.807) is 0 Å². The maximum atomic E-state index is 5.46. The molecule has 12 heavy (non-hydrogen) atoms. The number of nitrogens with one attached hydrogen (secondary N) is 1. The standard InChI is InChI=1S/C10H19NO/c1-4-5-8(2)11-10-6-7-12-9(10)3/h4,8-11H,1,5-7H2,2-3H3. The van der Waals surface area contributed by atoms with Gasteiger partial charge in [0, 0.05) is 18.7 Å². The Labute approximate surface area is 75.0 Å². The van der Waals surface area contributed by atoms with Gasteiger partial charge >= 0.3 is 0 Å². The molecular weight excluding hydrogens is 150 g/mol. The fourth-order valence-electron chi connectivity index (χ4n) is 1.63. The molecule has 1 N–H and O–H groups in total. The molecule has 0 bridgehead atoms. The molecule has 0 spiro atoms. The Morgan fingerprint density at radius 1 is 1.75 bits per heavy atom.